The van der Waals surface area contributed by atoms with Gasteiger partial charge in [-0.2, -0.15) is 5.26 Å². The van der Waals surface area contributed by atoms with Crippen LogP contribution in [0.5, 0.6) is 0 Å². The number of carbonyl (C=O) groups excluding carboxylic acids is 1. The zero-order chi connectivity index (χ0) is 20.0. The number of benzene rings is 1. The van der Waals surface area contributed by atoms with Gasteiger partial charge in [-0.3, -0.25) is 9.78 Å². The summed E-state index contributed by atoms with van der Waals surface area (Å²) in [6.45, 7) is 1.72. The third-order valence-corrected chi connectivity index (χ3v) is 4.96. The Labute approximate surface area is 159 Å². The molecular formula is C20H15F2N5O. The number of hydrogen-bond donors (Lipinski definition) is 2. The molecule has 1 aliphatic rings. The Hall–Kier alpha value is -3.60. The first-order chi connectivity index (χ1) is 13.4. The first-order valence-electron chi connectivity index (χ1n) is 8.60. The lowest BCUT2D eigenvalue weighted by Gasteiger charge is -2.14. The smallest absolute Gasteiger partial charge is 0.230 e. The second-order valence-corrected chi connectivity index (χ2v) is 6.79. The summed E-state index contributed by atoms with van der Waals surface area (Å²) in [6, 6.07) is 5.00. The lowest BCUT2D eigenvalue weighted by molar-refractivity contribution is -0.117. The van der Waals surface area contributed by atoms with Crippen molar-refractivity contribution in [3.63, 3.8) is 0 Å². The zero-order valence-corrected chi connectivity index (χ0v) is 14.8. The Morgan fingerprint density at radius 2 is 2.11 bits per heavy atom. The maximum Gasteiger partial charge on any atom is 0.230 e. The van der Waals surface area contributed by atoms with Gasteiger partial charge in [-0.15, -0.1) is 0 Å². The third-order valence-electron chi connectivity index (χ3n) is 4.96. The SMILES string of the molecule is Cc1ccncc1-c1c(F)c(N)c2cnc(NC(=O)C3CC3C#N)cc2c1F. The molecule has 140 valence electrons. The van der Waals surface area contributed by atoms with Crippen molar-refractivity contribution in [1.82, 2.24) is 9.97 Å². The van der Waals surface area contributed by atoms with Crippen LogP contribution in [-0.2, 0) is 4.79 Å². The molecule has 1 saturated carbocycles. The lowest BCUT2D eigenvalue weighted by atomic mass is 9.97. The van der Waals surface area contributed by atoms with E-state index in [1.165, 1.54) is 24.7 Å². The number of nitrogens with one attached hydrogen (secondary N) is 1. The Balaban J connectivity index is 1.81. The first kappa shape index (κ1) is 17.8. The van der Waals surface area contributed by atoms with Crippen molar-refractivity contribution in [2.45, 2.75) is 13.3 Å². The number of aromatic nitrogens is 2. The van der Waals surface area contributed by atoms with E-state index in [0.717, 1.165) is 0 Å². The average Bonchev–Trinajstić information content (AvgIpc) is 3.48. The Bertz CT molecular complexity index is 1170. The van der Waals surface area contributed by atoms with Gasteiger partial charge < -0.3 is 11.1 Å². The molecule has 0 bridgehead atoms. The van der Waals surface area contributed by atoms with Crippen molar-refractivity contribution in [3.8, 4) is 17.2 Å². The van der Waals surface area contributed by atoms with E-state index < -0.39 is 11.6 Å². The maximum absolute atomic E-state index is 15.3. The second-order valence-electron chi connectivity index (χ2n) is 6.79. The molecule has 1 aliphatic carbocycles. The number of anilines is 2. The van der Waals surface area contributed by atoms with E-state index in [0.29, 0.717) is 17.5 Å². The Kier molecular flexibility index (Phi) is 4.15. The highest BCUT2D eigenvalue weighted by atomic mass is 19.1. The number of nitrogens with zero attached hydrogens (tertiary/aromatic N) is 3. The molecule has 2 unspecified atom stereocenters. The summed E-state index contributed by atoms with van der Waals surface area (Å²) in [6.07, 6.45) is 4.62. The fourth-order valence-corrected chi connectivity index (χ4v) is 3.21. The van der Waals surface area contributed by atoms with Gasteiger partial charge in [0.2, 0.25) is 5.91 Å². The Morgan fingerprint density at radius 1 is 1.32 bits per heavy atom. The molecule has 1 amide bonds. The minimum Gasteiger partial charge on any atom is -0.396 e. The molecule has 1 fully saturated rings. The fourth-order valence-electron chi connectivity index (χ4n) is 3.21. The van der Waals surface area contributed by atoms with Gasteiger partial charge >= 0.3 is 0 Å². The average molecular weight is 379 g/mol. The van der Waals surface area contributed by atoms with Crippen molar-refractivity contribution in [3.05, 3.63) is 47.9 Å². The second kappa shape index (κ2) is 6.53. The van der Waals surface area contributed by atoms with E-state index in [1.54, 1.807) is 13.0 Å². The molecule has 4 rings (SSSR count). The van der Waals surface area contributed by atoms with E-state index in [-0.39, 0.29) is 45.6 Å². The number of carbonyl (C=O) groups is 1. The van der Waals surface area contributed by atoms with Crippen molar-refractivity contribution in [2.24, 2.45) is 11.8 Å². The molecule has 0 radical (unpaired) electrons. The molecule has 2 heterocycles. The molecule has 2 aromatic heterocycles. The highest BCUT2D eigenvalue weighted by Crippen LogP contribution is 2.40. The molecule has 3 N–H and O–H groups in total. The monoisotopic (exact) mass is 379 g/mol. The van der Waals surface area contributed by atoms with Crippen LogP contribution >= 0.6 is 0 Å². The number of fused-ring (bicyclic) bond motifs is 1. The number of nitrogens with two attached hydrogens (primary N) is 1. The number of nitrogen functional groups attached to an aromatic ring is 1. The van der Waals surface area contributed by atoms with Crippen molar-refractivity contribution in [1.29, 1.82) is 5.26 Å². The number of amides is 1. The molecule has 0 aliphatic heterocycles. The van der Waals surface area contributed by atoms with E-state index in [9.17, 15) is 9.18 Å². The highest BCUT2D eigenvalue weighted by molar-refractivity contribution is 6.01. The van der Waals surface area contributed by atoms with Crippen LogP contribution in [-0.4, -0.2) is 15.9 Å². The van der Waals surface area contributed by atoms with Crippen LogP contribution in [0.15, 0.2) is 30.7 Å². The number of aryl methyl sites for hydroxylation is 1. The molecule has 0 spiro atoms. The molecule has 0 saturated heterocycles. The van der Waals surface area contributed by atoms with Crippen LogP contribution in [0.3, 0.4) is 0 Å². The topological polar surface area (TPSA) is 105 Å². The van der Waals surface area contributed by atoms with Gasteiger partial charge in [0.25, 0.3) is 0 Å². The van der Waals surface area contributed by atoms with Crippen LogP contribution in [0.25, 0.3) is 21.9 Å². The van der Waals surface area contributed by atoms with Crippen LogP contribution in [0.2, 0.25) is 0 Å². The quantitative estimate of drug-likeness (QED) is 0.677. The minimum atomic E-state index is -0.880. The summed E-state index contributed by atoms with van der Waals surface area (Å²) in [4.78, 5) is 20.1. The molecular weight excluding hydrogens is 364 g/mol. The van der Waals surface area contributed by atoms with Crippen molar-refractivity contribution < 1.29 is 13.6 Å². The number of pyridine rings is 2. The van der Waals surface area contributed by atoms with Crippen LogP contribution in [0.4, 0.5) is 20.3 Å². The van der Waals surface area contributed by atoms with Crippen molar-refractivity contribution >= 4 is 28.2 Å². The zero-order valence-electron chi connectivity index (χ0n) is 14.8. The van der Waals surface area contributed by atoms with Crippen LogP contribution < -0.4 is 11.1 Å². The van der Waals surface area contributed by atoms with Gasteiger partial charge in [0.15, 0.2) is 5.82 Å². The normalized spacial score (nSPS) is 17.9. The Morgan fingerprint density at radius 3 is 2.79 bits per heavy atom. The van der Waals surface area contributed by atoms with Gasteiger partial charge in [-0.1, -0.05) is 0 Å². The molecule has 28 heavy (non-hydrogen) atoms. The first-order valence-corrected chi connectivity index (χ1v) is 8.60. The largest absolute Gasteiger partial charge is 0.396 e. The summed E-state index contributed by atoms with van der Waals surface area (Å²) < 4.78 is 30.1. The molecule has 6 nitrogen and oxygen atoms in total. The standard InChI is InChI=1S/C20H15F2N5O/c1-9-2-3-25-7-13(9)16-17(21)12-5-15(26-8-14(12)19(24)18(16)22)27-20(28)11-4-10(11)6-23/h2-3,5,7-8,10-11H,4,24H2,1H3,(H,26,27,28). The number of halogens is 2. The maximum atomic E-state index is 15.3. The lowest BCUT2D eigenvalue weighted by Crippen LogP contribution is -2.15. The molecule has 1 aromatic carbocycles. The number of hydrogen-bond acceptors (Lipinski definition) is 5. The highest BCUT2D eigenvalue weighted by Gasteiger charge is 2.43. The van der Waals surface area contributed by atoms with Crippen LogP contribution in [0, 0.1) is 41.7 Å². The van der Waals surface area contributed by atoms with Crippen LogP contribution in [0.1, 0.15) is 12.0 Å². The molecule has 2 atom stereocenters. The number of nitriles is 1. The summed E-state index contributed by atoms with van der Waals surface area (Å²) in [7, 11) is 0. The molecule has 8 heteroatoms. The summed E-state index contributed by atoms with van der Waals surface area (Å²) >= 11 is 0. The predicted octanol–water partition coefficient (Wildman–Crippen LogP) is 3.56. The fraction of sp³-hybridized carbons (Fsp3) is 0.200. The van der Waals surface area contributed by atoms with Gasteiger partial charge in [-0.25, -0.2) is 13.8 Å². The predicted molar refractivity (Wildman–Crippen MR) is 99.9 cm³/mol. The van der Waals surface area contributed by atoms with Gasteiger partial charge in [-0.05, 0) is 31.0 Å². The number of rotatable bonds is 3. The molecule has 3 aromatic rings. The minimum absolute atomic E-state index is 0.0371. The van der Waals surface area contributed by atoms with Crippen molar-refractivity contribution in [2.75, 3.05) is 11.1 Å². The van der Waals surface area contributed by atoms with E-state index in [1.807, 2.05) is 6.07 Å². The van der Waals surface area contributed by atoms with Gasteiger partial charge in [0, 0.05) is 34.9 Å². The third kappa shape index (κ3) is 2.81. The van der Waals surface area contributed by atoms with Gasteiger partial charge in [0.1, 0.15) is 11.6 Å². The van der Waals surface area contributed by atoms with E-state index in [2.05, 4.69) is 15.3 Å². The summed E-state index contributed by atoms with van der Waals surface area (Å²) in [5.41, 5.74) is 6.33. The summed E-state index contributed by atoms with van der Waals surface area (Å²) in [5.74, 6) is -2.62. The van der Waals surface area contributed by atoms with Gasteiger partial charge in [0.05, 0.1) is 29.2 Å². The van der Waals surface area contributed by atoms with E-state index in [4.69, 9.17) is 11.0 Å². The summed E-state index contributed by atoms with van der Waals surface area (Å²) in [5, 5.41) is 11.6. The van der Waals surface area contributed by atoms with E-state index >= 15 is 4.39 Å².